The van der Waals surface area contributed by atoms with Gasteiger partial charge in [-0.2, -0.15) is 5.26 Å². The van der Waals surface area contributed by atoms with E-state index in [1.165, 1.54) is 67.6 Å². The Morgan fingerprint density at radius 1 is 1.05 bits per heavy atom. The van der Waals surface area contributed by atoms with Crippen LogP contribution in [0.15, 0.2) is 95.2 Å². The summed E-state index contributed by atoms with van der Waals surface area (Å²) in [6.45, 7) is 1.30. The highest BCUT2D eigenvalue weighted by Crippen LogP contribution is 2.44. The van der Waals surface area contributed by atoms with E-state index in [-0.39, 0.29) is 33.2 Å². The number of nitro benzene ring substituents is 1. The number of carbonyl (C=O) groups excluding carboxylic acids is 2. The van der Waals surface area contributed by atoms with Crippen LogP contribution in [0, 0.1) is 21.4 Å². The van der Waals surface area contributed by atoms with E-state index in [2.05, 4.69) is 5.32 Å². The van der Waals surface area contributed by atoms with E-state index in [1.54, 1.807) is 18.2 Å². The van der Waals surface area contributed by atoms with Crippen molar-refractivity contribution in [3.05, 3.63) is 111 Å². The van der Waals surface area contributed by atoms with Crippen LogP contribution in [0.3, 0.4) is 0 Å². The van der Waals surface area contributed by atoms with Crippen molar-refractivity contribution in [2.45, 2.75) is 23.8 Å². The lowest BCUT2D eigenvalue weighted by atomic mass is 9.84. The monoisotopic (exact) mass is 531 g/mol. The second-order valence-electron chi connectivity index (χ2n) is 8.42. The molecule has 3 N–H and O–H groups in total. The Balaban J connectivity index is 1.90. The van der Waals surface area contributed by atoms with Gasteiger partial charge in [0, 0.05) is 30.3 Å². The SMILES string of the molecule is CC(=O)Nc1ccc(S(=O)(=O)N2C(N)=C(C#N)C(c3cccc([N+](=O)[O-])c3)C2C(=O)c2ccccc2)cc1. The maximum Gasteiger partial charge on any atom is 0.269 e. The summed E-state index contributed by atoms with van der Waals surface area (Å²) in [5.41, 5.74) is 6.45. The molecule has 11 nitrogen and oxygen atoms in total. The first-order chi connectivity index (χ1) is 18.1. The Hall–Kier alpha value is -5.02. The van der Waals surface area contributed by atoms with Crippen LogP contribution < -0.4 is 11.1 Å². The molecule has 3 aromatic carbocycles. The van der Waals surface area contributed by atoms with Crippen LogP contribution in [0.1, 0.15) is 28.8 Å². The summed E-state index contributed by atoms with van der Waals surface area (Å²) < 4.78 is 28.5. The maximum absolute atomic E-state index is 13.9. The van der Waals surface area contributed by atoms with Gasteiger partial charge in [-0.15, -0.1) is 0 Å². The summed E-state index contributed by atoms with van der Waals surface area (Å²) in [7, 11) is -4.51. The molecular formula is C26H21N5O6S. The molecule has 12 heteroatoms. The fraction of sp³-hybridized carbons (Fsp3) is 0.115. The first-order valence-electron chi connectivity index (χ1n) is 11.2. The normalized spacial score (nSPS) is 17.1. The van der Waals surface area contributed by atoms with Crippen molar-refractivity contribution in [2.24, 2.45) is 5.73 Å². The number of non-ortho nitro benzene ring substituents is 1. The van der Waals surface area contributed by atoms with Crippen molar-refractivity contribution in [3.63, 3.8) is 0 Å². The van der Waals surface area contributed by atoms with Crippen LogP contribution in [-0.4, -0.2) is 35.4 Å². The summed E-state index contributed by atoms with van der Waals surface area (Å²) in [5, 5.41) is 24.0. The minimum atomic E-state index is -4.51. The van der Waals surface area contributed by atoms with Crippen LogP contribution in [0.25, 0.3) is 0 Å². The first-order valence-corrected chi connectivity index (χ1v) is 12.7. The van der Waals surface area contributed by atoms with Crippen LogP contribution in [0.4, 0.5) is 11.4 Å². The zero-order chi connectivity index (χ0) is 27.6. The highest BCUT2D eigenvalue weighted by molar-refractivity contribution is 7.89. The zero-order valence-electron chi connectivity index (χ0n) is 19.9. The number of ketones is 1. The quantitative estimate of drug-likeness (QED) is 0.265. The van der Waals surface area contributed by atoms with Crippen molar-refractivity contribution in [2.75, 3.05) is 5.32 Å². The van der Waals surface area contributed by atoms with E-state index >= 15 is 0 Å². The molecule has 0 aliphatic carbocycles. The van der Waals surface area contributed by atoms with E-state index in [0.29, 0.717) is 9.99 Å². The van der Waals surface area contributed by atoms with Gasteiger partial charge in [-0.3, -0.25) is 19.7 Å². The molecule has 1 aliphatic rings. The Bertz CT molecular complexity index is 1610. The minimum absolute atomic E-state index is 0.168. The number of carbonyl (C=O) groups is 2. The topological polar surface area (TPSA) is 176 Å². The smallest absolute Gasteiger partial charge is 0.269 e. The number of nitrogens with one attached hydrogen (secondary N) is 1. The van der Waals surface area contributed by atoms with Crippen molar-refractivity contribution in [3.8, 4) is 6.07 Å². The molecule has 1 aliphatic heterocycles. The van der Waals surface area contributed by atoms with Gasteiger partial charge in [0.1, 0.15) is 11.9 Å². The third-order valence-electron chi connectivity index (χ3n) is 6.01. The van der Waals surface area contributed by atoms with E-state index in [1.807, 2.05) is 6.07 Å². The molecule has 0 fully saturated rings. The fourth-order valence-corrected chi connectivity index (χ4v) is 5.95. The molecule has 3 aromatic rings. The number of nitro groups is 1. The van der Waals surface area contributed by atoms with Crippen molar-refractivity contribution in [1.82, 2.24) is 4.31 Å². The summed E-state index contributed by atoms with van der Waals surface area (Å²) in [4.78, 5) is 35.7. The predicted molar refractivity (Wildman–Crippen MR) is 137 cm³/mol. The Labute approximate surface area is 218 Å². The molecular weight excluding hydrogens is 510 g/mol. The maximum atomic E-state index is 13.9. The number of Topliss-reactive ketones (excluding diaryl/α,β-unsaturated/α-hetero) is 1. The van der Waals surface area contributed by atoms with Gasteiger partial charge in [-0.25, -0.2) is 12.7 Å². The standard InChI is InChI=1S/C26H21N5O6S/c1-16(32)29-19-10-12-21(13-11-19)38(36,37)30-24(25(33)17-6-3-2-4-7-17)23(22(15-27)26(30)28)18-8-5-9-20(14-18)31(34)35/h2-14,23-24H,28H2,1H3,(H,29,32). The average Bonchev–Trinajstić information content (AvgIpc) is 3.21. The van der Waals surface area contributed by atoms with Gasteiger partial charge >= 0.3 is 0 Å². The number of amides is 1. The van der Waals surface area contributed by atoms with E-state index in [4.69, 9.17) is 5.73 Å². The number of anilines is 1. The van der Waals surface area contributed by atoms with Crippen LogP contribution in [0.2, 0.25) is 0 Å². The molecule has 4 rings (SSSR count). The lowest BCUT2D eigenvalue weighted by molar-refractivity contribution is -0.384. The molecule has 1 heterocycles. The van der Waals surface area contributed by atoms with Gasteiger partial charge in [-0.05, 0) is 29.8 Å². The second-order valence-corrected chi connectivity index (χ2v) is 10.2. The van der Waals surface area contributed by atoms with Crippen molar-refractivity contribution < 1.29 is 22.9 Å². The summed E-state index contributed by atoms with van der Waals surface area (Å²) in [6.07, 6.45) is 0. The second kappa shape index (κ2) is 10.2. The number of nitriles is 1. The molecule has 0 bridgehead atoms. The molecule has 0 saturated carbocycles. The third-order valence-corrected chi connectivity index (χ3v) is 7.82. The van der Waals surface area contributed by atoms with Crippen molar-refractivity contribution in [1.29, 1.82) is 5.26 Å². The first kappa shape index (κ1) is 26.1. The van der Waals surface area contributed by atoms with Gasteiger partial charge in [0.2, 0.25) is 5.91 Å². The summed E-state index contributed by atoms with van der Waals surface area (Å²) in [6, 6.07) is 18.8. The van der Waals surface area contributed by atoms with Gasteiger partial charge < -0.3 is 11.1 Å². The van der Waals surface area contributed by atoms with Crippen LogP contribution in [-0.2, 0) is 14.8 Å². The van der Waals surface area contributed by atoms with Crippen LogP contribution in [0.5, 0.6) is 0 Å². The molecule has 0 radical (unpaired) electrons. The third kappa shape index (κ3) is 4.70. The highest BCUT2D eigenvalue weighted by atomic mass is 32.2. The summed E-state index contributed by atoms with van der Waals surface area (Å²) >= 11 is 0. The number of rotatable bonds is 7. The van der Waals surface area contributed by atoms with E-state index in [9.17, 15) is 33.4 Å². The lowest BCUT2D eigenvalue weighted by Crippen LogP contribution is -2.45. The van der Waals surface area contributed by atoms with Crippen molar-refractivity contribution >= 4 is 33.1 Å². The molecule has 2 atom stereocenters. The number of benzene rings is 3. The molecule has 1 amide bonds. The summed E-state index contributed by atoms with van der Waals surface area (Å²) in [5.74, 6) is -2.65. The highest BCUT2D eigenvalue weighted by Gasteiger charge is 2.50. The zero-order valence-corrected chi connectivity index (χ0v) is 20.8. The van der Waals surface area contributed by atoms with Gasteiger partial charge in [-0.1, -0.05) is 42.5 Å². The number of sulfonamides is 1. The van der Waals surface area contributed by atoms with Gasteiger partial charge in [0.25, 0.3) is 15.7 Å². The Morgan fingerprint density at radius 3 is 2.29 bits per heavy atom. The average molecular weight is 532 g/mol. The van der Waals surface area contributed by atoms with Gasteiger partial charge in [0.05, 0.1) is 27.4 Å². The number of nitrogens with zero attached hydrogens (tertiary/aromatic N) is 3. The van der Waals surface area contributed by atoms with E-state index < -0.39 is 38.5 Å². The fourth-order valence-electron chi connectivity index (χ4n) is 4.37. The Kier molecular flexibility index (Phi) is 6.96. The molecule has 192 valence electrons. The molecule has 2 unspecified atom stereocenters. The number of nitrogens with two attached hydrogens (primary N) is 1. The number of hydrogen-bond donors (Lipinski definition) is 2. The molecule has 0 spiro atoms. The minimum Gasteiger partial charge on any atom is -0.384 e. The van der Waals surface area contributed by atoms with Crippen LogP contribution >= 0.6 is 0 Å². The predicted octanol–water partition coefficient (Wildman–Crippen LogP) is 3.29. The molecule has 0 aromatic heterocycles. The number of hydrogen-bond acceptors (Lipinski definition) is 8. The molecule has 0 saturated heterocycles. The van der Waals surface area contributed by atoms with E-state index in [0.717, 1.165) is 0 Å². The largest absolute Gasteiger partial charge is 0.384 e. The lowest BCUT2D eigenvalue weighted by Gasteiger charge is -2.29. The Morgan fingerprint density at radius 2 is 1.71 bits per heavy atom. The molecule has 38 heavy (non-hydrogen) atoms. The van der Waals surface area contributed by atoms with Gasteiger partial charge in [0.15, 0.2) is 5.78 Å².